The van der Waals surface area contributed by atoms with Gasteiger partial charge in [0.05, 0.1) is 17.2 Å². The molecule has 0 aliphatic rings. The highest BCUT2D eigenvalue weighted by Gasteiger charge is 2.26. The quantitative estimate of drug-likeness (QED) is 0.903. The van der Waals surface area contributed by atoms with E-state index >= 15 is 0 Å². The molecular formula is C12H11ClF3N3OS. The van der Waals surface area contributed by atoms with Gasteiger partial charge in [-0.3, -0.25) is 9.48 Å². The summed E-state index contributed by atoms with van der Waals surface area (Å²) in [5, 5.41) is 6.39. The Hall–Kier alpha value is -1.54. The minimum Gasteiger partial charge on any atom is -0.309 e. The topological polar surface area (TPSA) is 46.9 Å². The molecule has 0 atom stereocenters. The summed E-state index contributed by atoms with van der Waals surface area (Å²) >= 11 is 7.05. The first-order valence-electron chi connectivity index (χ1n) is 5.96. The second-order valence-corrected chi connectivity index (χ2v) is 6.06. The summed E-state index contributed by atoms with van der Waals surface area (Å²) < 4.78 is 38.0. The molecule has 0 unspecified atom stereocenters. The van der Waals surface area contributed by atoms with E-state index in [9.17, 15) is 18.0 Å². The van der Waals surface area contributed by atoms with Crippen molar-refractivity contribution in [3.8, 4) is 0 Å². The number of aromatic nitrogens is 2. The zero-order valence-corrected chi connectivity index (χ0v) is 12.2. The first-order valence-corrected chi connectivity index (χ1v) is 7.15. The molecule has 0 aliphatic carbocycles. The number of hydrogen-bond acceptors (Lipinski definition) is 3. The van der Waals surface area contributed by atoms with Crippen LogP contribution >= 0.6 is 22.9 Å². The molecule has 0 saturated heterocycles. The molecule has 0 saturated carbocycles. The van der Waals surface area contributed by atoms with Crippen LogP contribution in [0.5, 0.6) is 0 Å². The molecule has 0 radical (unpaired) electrons. The molecule has 0 spiro atoms. The molecule has 0 fully saturated rings. The monoisotopic (exact) mass is 337 g/mol. The number of hydrogen-bond donors (Lipinski definition) is 1. The lowest BCUT2D eigenvalue weighted by Crippen LogP contribution is -2.15. The van der Waals surface area contributed by atoms with Gasteiger partial charge >= 0.3 is 6.18 Å². The van der Waals surface area contributed by atoms with Crippen LogP contribution in [0.25, 0.3) is 0 Å². The maximum atomic E-state index is 12.1. The Balaban J connectivity index is 1.85. The number of alkyl halides is 3. The van der Waals surface area contributed by atoms with Crippen molar-refractivity contribution >= 4 is 34.7 Å². The van der Waals surface area contributed by atoms with Crippen LogP contribution in [0, 0.1) is 0 Å². The number of aryl methyl sites for hydroxylation is 1. The fourth-order valence-electron chi connectivity index (χ4n) is 1.59. The highest BCUT2D eigenvalue weighted by Crippen LogP contribution is 2.22. The van der Waals surface area contributed by atoms with Crippen molar-refractivity contribution in [1.82, 2.24) is 9.78 Å². The van der Waals surface area contributed by atoms with E-state index in [1.807, 2.05) is 0 Å². The van der Waals surface area contributed by atoms with Gasteiger partial charge in [-0.05, 0) is 12.1 Å². The molecule has 21 heavy (non-hydrogen) atoms. The van der Waals surface area contributed by atoms with E-state index < -0.39 is 12.6 Å². The molecular weight excluding hydrogens is 327 g/mol. The fourth-order valence-corrected chi connectivity index (χ4v) is 2.67. The number of nitrogens with one attached hydrogen (secondary N) is 1. The van der Waals surface area contributed by atoms with E-state index in [2.05, 4.69) is 10.4 Å². The van der Waals surface area contributed by atoms with Gasteiger partial charge < -0.3 is 5.32 Å². The van der Waals surface area contributed by atoms with Crippen molar-refractivity contribution < 1.29 is 18.0 Å². The Bertz CT molecular complexity index is 623. The molecule has 9 heteroatoms. The Morgan fingerprint density at radius 1 is 1.38 bits per heavy atom. The maximum absolute atomic E-state index is 12.1. The Morgan fingerprint density at radius 2 is 2.14 bits per heavy atom. The molecule has 0 aliphatic heterocycles. The average molecular weight is 338 g/mol. The van der Waals surface area contributed by atoms with Crippen LogP contribution in [0.1, 0.15) is 11.3 Å². The first kappa shape index (κ1) is 15.8. The highest BCUT2D eigenvalue weighted by molar-refractivity contribution is 7.16. The number of rotatable bonds is 5. The smallest absolute Gasteiger partial charge is 0.309 e. The Morgan fingerprint density at radius 3 is 2.76 bits per heavy atom. The van der Waals surface area contributed by atoms with Crippen molar-refractivity contribution in [1.29, 1.82) is 0 Å². The van der Waals surface area contributed by atoms with E-state index in [4.69, 9.17) is 11.6 Å². The number of carbonyl (C=O) groups excluding carboxylic acids is 1. The zero-order chi connectivity index (χ0) is 15.5. The van der Waals surface area contributed by atoms with Crippen molar-refractivity contribution in [2.45, 2.75) is 25.6 Å². The lowest BCUT2D eigenvalue weighted by atomic mass is 10.3. The van der Waals surface area contributed by atoms with E-state index in [-0.39, 0.29) is 24.7 Å². The number of halogens is 4. The van der Waals surface area contributed by atoms with E-state index in [1.54, 1.807) is 12.1 Å². The molecule has 114 valence electrons. The molecule has 2 aromatic rings. The standard InChI is InChI=1S/C12H11ClF3N3OS/c13-9-2-1-8(21-9)7-11(20)17-10-3-5-19(18-10)6-4-12(14,15)16/h1-3,5H,4,6-7H2,(H,17,18,20). The molecule has 2 rings (SSSR count). The normalized spacial score (nSPS) is 11.6. The third-order valence-corrected chi connectivity index (χ3v) is 3.73. The van der Waals surface area contributed by atoms with Crippen LogP contribution < -0.4 is 5.32 Å². The third kappa shape index (κ3) is 5.39. The molecule has 2 aromatic heterocycles. The van der Waals surface area contributed by atoms with Gasteiger partial charge in [0.15, 0.2) is 5.82 Å². The number of anilines is 1. The predicted octanol–water partition coefficient (Wildman–Crippen LogP) is 3.73. The molecule has 0 bridgehead atoms. The third-order valence-electron chi connectivity index (χ3n) is 2.50. The largest absolute Gasteiger partial charge is 0.390 e. The van der Waals surface area contributed by atoms with Gasteiger partial charge in [0.1, 0.15) is 0 Å². The van der Waals surface area contributed by atoms with E-state index in [0.717, 1.165) is 9.56 Å². The second kappa shape index (κ2) is 6.48. The minimum absolute atomic E-state index is 0.146. The van der Waals surface area contributed by atoms with Crippen LogP contribution in [-0.4, -0.2) is 21.9 Å². The highest BCUT2D eigenvalue weighted by atomic mass is 35.5. The van der Waals surface area contributed by atoms with Crippen LogP contribution in [0.3, 0.4) is 0 Å². The first-order chi connectivity index (χ1) is 9.82. The van der Waals surface area contributed by atoms with Gasteiger partial charge in [-0.15, -0.1) is 11.3 Å². The van der Waals surface area contributed by atoms with Crippen LogP contribution in [0.4, 0.5) is 19.0 Å². The zero-order valence-electron chi connectivity index (χ0n) is 10.7. The average Bonchev–Trinajstić information content (AvgIpc) is 2.95. The summed E-state index contributed by atoms with van der Waals surface area (Å²) in [7, 11) is 0. The molecule has 2 heterocycles. The number of amides is 1. The summed E-state index contributed by atoms with van der Waals surface area (Å²) in [6.07, 6.45) is -3.65. The van der Waals surface area contributed by atoms with Crippen molar-refractivity contribution in [2.24, 2.45) is 0 Å². The van der Waals surface area contributed by atoms with E-state index in [0.29, 0.717) is 4.34 Å². The van der Waals surface area contributed by atoms with Crippen LogP contribution in [0.2, 0.25) is 4.34 Å². The van der Waals surface area contributed by atoms with Gasteiger partial charge in [-0.1, -0.05) is 11.6 Å². The van der Waals surface area contributed by atoms with Crippen molar-refractivity contribution in [3.63, 3.8) is 0 Å². The van der Waals surface area contributed by atoms with E-state index in [1.165, 1.54) is 23.6 Å². The lowest BCUT2D eigenvalue weighted by Gasteiger charge is -2.05. The summed E-state index contributed by atoms with van der Waals surface area (Å²) in [5.74, 6) is -0.0700. The van der Waals surface area contributed by atoms with Gasteiger partial charge in [0.2, 0.25) is 5.91 Å². The number of carbonyl (C=O) groups is 1. The van der Waals surface area contributed by atoms with Gasteiger partial charge in [-0.25, -0.2) is 0 Å². The van der Waals surface area contributed by atoms with Gasteiger partial charge in [-0.2, -0.15) is 18.3 Å². The summed E-state index contributed by atoms with van der Waals surface area (Å²) in [6.45, 7) is -0.278. The number of nitrogens with zero attached hydrogens (tertiary/aromatic N) is 2. The number of thiophene rings is 1. The Kier molecular flexibility index (Phi) is 4.89. The fraction of sp³-hybridized carbons (Fsp3) is 0.333. The minimum atomic E-state index is -4.23. The second-order valence-electron chi connectivity index (χ2n) is 4.26. The summed E-state index contributed by atoms with van der Waals surface area (Å²) in [4.78, 5) is 12.5. The predicted molar refractivity (Wildman–Crippen MR) is 74.6 cm³/mol. The molecule has 1 amide bonds. The van der Waals surface area contributed by atoms with Gasteiger partial charge in [0, 0.05) is 23.7 Å². The van der Waals surface area contributed by atoms with Crippen molar-refractivity contribution in [2.75, 3.05) is 5.32 Å². The van der Waals surface area contributed by atoms with Gasteiger partial charge in [0.25, 0.3) is 0 Å². The Labute approximate surface area is 127 Å². The summed E-state index contributed by atoms with van der Waals surface area (Å²) in [6, 6.07) is 4.89. The SMILES string of the molecule is O=C(Cc1ccc(Cl)s1)Nc1ccn(CCC(F)(F)F)n1. The van der Waals surface area contributed by atoms with Crippen LogP contribution in [-0.2, 0) is 17.8 Å². The molecule has 0 aromatic carbocycles. The van der Waals surface area contributed by atoms with Crippen molar-refractivity contribution in [3.05, 3.63) is 33.6 Å². The van der Waals surface area contributed by atoms with Crippen LogP contribution in [0.15, 0.2) is 24.4 Å². The molecule has 4 nitrogen and oxygen atoms in total. The molecule has 1 N–H and O–H groups in total. The summed E-state index contributed by atoms with van der Waals surface area (Å²) in [5.41, 5.74) is 0. The lowest BCUT2D eigenvalue weighted by molar-refractivity contribution is -0.137. The maximum Gasteiger partial charge on any atom is 0.390 e.